The van der Waals surface area contributed by atoms with Crippen molar-refractivity contribution in [2.75, 3.05) is 13.6 Å². The van der Waals surface area contributed by atoms with Crippen molar-refractivity contribution in [1.29, 1.82) is 0 Å². The fraction of sp³-hybridized carbons (Fsp3) is 0.278. The minimum atomic E-state index is 0.00566. The van der Waals surface area contributed by atoms with Crippen LogP contribution in [0.15, 0.2) is 60.7 Å². The van der Waals surface area contributed by atoms with Gasteiger partial charge in [0.25, 0.3) is 0 Å². The Morgan fingerprint density at radius 2 is 1.55 bits per heavy atom. The predicted molar refractivity (Wildman–Crippen MR) is 82.7 cm³/mol. The molecule has 0 aliphatic heterocycles. The zero-order chi connectivity index (χ0) is 14.4. The lowest BCUT2D eigenvalue weighted by atomic mass is 9.99. The minimum absolute atomic E-state index is 0.00566. The van der Waals surface area contributed by atoms with Gasteiger partial charge in [0.2, 0.25) is 0 Å². The number of hydrogen-bond donors (Lipinski definition) is 0. The van der Waals surface area contributed by atoms with E-state index in [0.29, 0.717) is 0 Å². The highest BCUT2D eigenvalue weighted by Crippen LogP contribution is 2.11. The topological polar surface area (TPSA) is 20.3 Å². The molecule has 0 aliphatic carbocycles. The first kappa shape index (κ1) is 14.5. The second-order valence-electron chi connectivity index (χ2n) is 5.31. The van der Waals surface area contributed by atoms with E-state index in [4.69, 9.17) is 0 Å². The van der Waals surface area contributed by atoms with E-state index in [9.17, 15) is 4.79 Å². The molecule has 0 radical (unpaired) electrons. The first-order valence-electron chi connectivity index (χ1n) is 6.98. The highest BCUT2D eigenvalue weighted by Gasteiger charge is 2.16. The average molecular weight is 267 g/mol. The highest BCUT2D eigenvalue weighted by molar-refractivity contribution is 5.97. The van der Waals surface area contributed by atoms with Crippen molar-refractivity contribution in [1.82, 2.24) is 4.90 Å². The molecule has 0 amide bonds. The Morgan fingerprint density at radius 3 is 2.15 bits per heavy atom. The molecule has 0 bridgehead atoms. The molecule has 0 N–H and O–H groups in total. The maximum absolute atomic E-state index is 12.3. The van der Waals surface area contributed by atoms with Gasteiger partial charge in [0, 0.05) is 24.6 Å². The molecule has 2 rings (SSSR count). The summed E-state index contributed by atoms with van der Waals surface area (Å²) in [6.07, 6.45) is 0. The van der Waals surface area contributed by atoms with Gasteiger partial charge in [-0.2, -0.15) is 0 Å². The number of ketones is 1. The van der Waals surface area contributed by atoms with Gasteiger partial charge in [-0.05, 0) is 12.6 Å². The van der Waals surface area contributed by atoms with Crippen LogP contribution in [0.2, 0.25) is 0 Å². The van der Waals surface area contributed by atoms with Gasteiger partial charge in [-0.25, -0.2) is 0 Å². The summed E-state index contributed by atoms with van der Waals surface area (Å²) in [5.41, 5.74) is 2.07. The van der Waals surface area contributed by atoms with E-state index in [1.807, 2.05) is 55.5 Å². The molecule has 0 spiro atoms. The van der Waals surface area contributed by atoms with E-state index < -0.39 is 0 Å². The summed E-state index contributed by atoms with van der Waals surface area (Å²) in [5.74, 6) is 0.219. The molecule has 2 aromatic carbocycles. The number of hydrogen-bond acceptors (Lipinski definition) is 2. The Balaban J connectivity index is 1.91. The van der Waals surface area contributed by atoms with Crippen molar-refractivity contribution in [3.05, 3.63) is 71.8 Å². The number of carbonyl (C=O) groups is 1. The molecule has 104 valence electrons. The summed E-state index contributed by atoms with van der Waals surface area (Å²) in [7, 11) is 2.06. The maximum atomic E-state index is 12.3. The highest BCUT2D eigenvalue weighted by atomic mass is 16.1. The van der Waals surface area contributed by atoms with E-state index in [1.165, 1.54) is 5.56 Å². The summed E-state index contributed by atoms with van der Waals surface area (Å²) >= 11 is 0. The van der Waals surface area contributed by atoms with Gasteiger partial charge in [-0.1, -0.05) is 67.6 Å². The summed E-state index contributed by atoms with van der Waals surface area (Å²) < 4.78 is 0. The molecule has 2 nitrogen and oxygen atoms in total. The Hall–Kier alpha value is -1.93. The fourth-order valence-electron chi connectivity index (χ4n) is 2.40. The van der Waals surface area contributed by atoms with E-state index in [0.717, 1.165) is 18.7 Å². The van der Waals surface area contributed by atoms with E-state index in [2.05, 4.69) is 24.1 Å². The van der Waals surface area contributed by atoms with Gasteiger partial charge < -0.3 is 4.90 Å². The number of benzene rings is 2. The molecule has 20 heavy (non-hydrogen) atoms. The lowest BCUT2D eigenvalue weighted by Gasteiger charge is -2.20. The van der Waals surface area contributed by atoms with Crippen molar-refractivity contribution in [3.63, 3.8) is 0 Å². The van der Waals surface area contributed by atoms with E-state index in [-0.39, 0.29) is 11.7 Å². The Kier molecular flexibility index (Phi) is 5.08. The van der Waals surface area contributed by atoms with Crippen molar-refractivity contribution in [2.45, 2.75) is 13.5 Å². The van der Waals surface area contributed by atoms with Gasteiger partial charge in [0.15, 0.2) is 5.78 Å². The lowest BCUT2D eigenvalue weighted by Crippen LogP contribution is -2.28. The SMILES string of the molecule is CC(CN(C)Cc1ccccc1)C(=O)c1ccccc1. The summed E-state index contributed by atoms with van der Waals surface area (Å²) in [4.78, 5) is 14.5. The number of rotatable bonds is 6. The van der Waals surface area contributed by atoms with Crippen LogP contribution in [-0.2, 0) is 6.54 Å². The largest absolute Gasteiger partial charge is 0.301 e. The van der Waals surface area contributed by atoms with Crippen LogP contribution in [-0.4, -0.2) is 24.3 Å². The molecule has 0 heterocycles. The van der Waals surface area contributed by atoms with Gasteiger partial charge in [-0.15, -0.1) is 0 Å². The van der Waals surface area contributed by atoms with Gasteiger partial charge in [0.1, 0.15) is 0 Å². The molecule has 0 saturated heterocycles. The van der Waals surface area contributed by atoms with Gasteiger partial charge >= 0.3 is 0 Å². The van der Waals surface area contributed by atoms with Crippen molar-refractivity contribution in [3.8, 4) is 0 Å². The molecule has 0 saturated carbocycles. The Labute approximate surface area is 121 Å². The standard InChI is InChI=1S/C18H21NO/c1-15(18(20)17-11-7-4-8-12-17)13-19(2)14-16-9-5-3-6-10-16/h3-12,15H,13-14H2,1-2H3. The first-order valence-corrected chi connectivity index (χ1v) is 6.98. The number of nitrogens with zero attached hydrogens (tertiary/aromatic N) is 1. The fourth-order valence-corrected chi connectivity index (χ4v) is 2.40. The molecule has 1 atom stereocenters. The lowest BCUT2D eigenvalue weighted by molar-refractivity contribution is 0.0901. The van der Waals surface area contributed by atoms with Crippen LogP contribution in [0.1, 0.15) is 22.8 Å². The second-order valence-corrected chi connectivity index (χ2v) is 5.31. The van der Waals surface area contributed by atoms with Crippen molar-refractivity contribution >= 4 is 5.78 Å². The molecule has 0 aliphatic rings. The molecule has 2 aromatic rings. The molecule has 0 fully saturated rings. The Bertz CT molecular complexity index is 536. The van der Waals surface area contributed by atoms with Crippen LogP contribution in [0.3, 0.4) is 0 Å². The van der Waals surface area contributed by atoms with Crippen molar-refractivity contribution < 1.29 is 4.79 Å². The van der Waals surface area contributed by atoms with Crippen LogP contribution < -0.4 is 0 Å². The summed E-state index contributed by atoms with van der Waals surface area (Å²) in [6.45, 7) is 3.63. The maximum Gasteiger partial charge on any atom is 0.166 e. The molecular formula is C18H21NO. The zero-order valence-electron chi connectivity index (χ0n) is 12.1. The van der Waals surface area contributed by atoms with Gasteiger partial charge in [-0.3, -0.25) is 4.79 Å². The Morgan fingerprint density at radius 1 is 1.00 bits per heavy atom. The number of carbonyl (C=O) groups excluding carboxylic acids is 1. The minimum Gasteiger partial charge on any atom is -0.301 e. The number of Topliss-reactive ketones (excluding diaryl/α,β-unsaturated/α-hetero) is 1. The van der Waals surface area contributed by atoms with Crippen LogP contribution in [0.25, 0.3) is 0 Å². The smallest absolute Gasteiger partial charge is 0.166 e. The van der Waals surface area contributed by atoms with Crippen molar-refractivity contribution in [2.24, 2.45) is 5.92 Å². The third-order valence-electron chi connectivity index (χ3n) is 3.39. The van der Waals surface area contributed by atoms with Crippen LogP contribution in [0.4, 0.5) is 0 Å². The monoisotopic (exact) mass is 267 g/mol. The summed E-state index contributed by atoms with van der Waals surface area (Å²) in [5, 5.41) is 0. The third-order valence-corrected chi connectivity index (χ3v) is 3.39. The third kappa shape index (κ3) is 4.04. The second kappa shape index (κ2) is 7.01. The quantitative estimate of drug-likeness (QED) is 0.745. The normalized spacial score (nSPS) is 12.3. The van der Waals surface area contributed by atoms with Gasteiger partial charge in [0.05, 0.1) is 0 Å². The molecule has 0 aromatic heterocycles. The van der Waals surface area contributed by atoms with Crippen LogP contribution in [0.5, 0.6) is 0 Å². The molecular weight excluding hydrogens is 246 g/mol. The van der Waals surface area contributed by atoms with E-state index in [1.54, 1.807) is 0 Å². The predicted octanol–water partition coefficient (Wildman–Crippen LogP) is 3.64. The van der Waals surface area contributed by atoms with Crippen LogP contribution in [0, 0.1) is 5.92 Å². The zero-order valence-corrected chi connectivity index (χ0v) is 12.1. The van der Waals surface area contributed by atoms with E-state index >= 15 is 0 Å². The summed E-state index contributed by atoms with van der Waals surface area (Å²) in [6, 6.07) is 19.9. The van der Waals surface area contributed by atoms with Crippen LogP contribution >= 0.6 is 0 Å². The average Bonchev–Trinajstić information content (AvgIpc) is 2.48. The molecule has 2 heteroatoms. The first-order chi connectivity index (χ1) is 9.66. The molecule has 1 unspecified atom stereocenters.